The lowest BCUT2D eigenvalue weighted by Gasteiger charge is -2.23. The first kappa shape index (κ1) is 20.8. The number of aromatic nitrogens is 5. The summed E-state index contributed by atoms with van der Waals surface area (Å²) in [5.41, 5.74) is 1.92. The zero-order valence-corrected chi connectivity index (χ0v) is 18.5. The van der Waals surface area contributed by atoms with Crippen molar-refractivity contribution in [2.24, 2.45) is 5.92 Å². The number of hydrogen-bond acceptors (Lipinski definition) is 8. The van der Waals surface area contributed by atoms with Gasteiger partial charge in [-0.1, -0.05) is 35.0 Å². The van der Waals surface area contributed by atoms with E-state index in [1.807, 2.05) is 38.1 Å². The van der Waals surface area contributed by atoms with E-state index in [0.717, 1.165) is 5.56 Å². The van der Waals surface area contributed by atoms with Crippen LogP contribution in [-0.2, 0) is 16.0 Å². The highest BCUT2D eigenvalue weighted by atomic mass is 35.5. The summed E-state index contributed by atoms with van der Waals surface area (Å²) >= 11 is 12.5. The van der Waals surface area contributed by atoms with Crippen LogP contribution >= 0.6 is 23.2 Å². The molecule has 0 radical (unpaired) electrons. The maximum absolute atomic E-state index is 9.85. The van der Waals surface area contributed by atoms with Crippen LogP contribution in [0.2, 0.25) is 10.3 Å². The van der Waals surface area contributed by atoms with E-state index in [9.17, 15) is 5.11 Å². The van der Waals surface area contributed by atoms with Crippen LogP contribution in [0.4, 0.5) is 5.82 Å². The minimum absolute atomic E-state index is 0.00408. The van der Waals surface area contributed by atoms with Crippen molar-refractivity contribution < 1.29 is 14.6 Å². The molecule has 31 heavy (non-hydrogen) atoms. The van der Waals surface area contributed by atoms with Crippen LogP contribution in [0.25, 0.3) is 11.2 Å². The first-order chi connectivity index (χ1) is 14.9. The van der Waals surface area contributed by atoms with Crippen LogP contribution in [0.15, 0.2) is 24.3 Å². The van der Waals surface area contributed by atoms with E-state index in [0.29, 0.717) is 35.0 Å². The minimum Gasteiger partial charge on any atom is -0.396 e. The van der Waals surface area contributed by atoms with Crippen molar-refractivity contribution in [2.45, 2.75) is 50.8 Å². The molecule has 3 aromatic rings. The second kappa shape index (κ2) is 7.83. The molecule has 2 N–H and O–H groups in total. The number of halogens is 2. The Bertz CT molecular complexity index is 1120. The molecule has 0 unspecified atom stereocenters. The van der Waals surface area contributed by atoms with Gasteiger partial charge in [-0.15, -0.1) is 5.10 Å². The van der Waals surface area contributed by atoms with Gasteiger partial charge >= 0.3 is 0 Å². The summed E-state index contributed by atoms with van der Waals surface area (Å²) in [5.74, 6) is -0.323. The molecule has 1 saturated carbocycles. The number of nitrogens with one attached hydrogen (secondary N) is 1. The lowest BCUT2D eigenvalue weighted by Crippen LogP contribution is -2.28. The standard InChI is InChI=1S/C20H22Cl2N6O3/c1-20(2)30-15-11(9-29)7-13(16(15)31-20)28-18-14(26-27-28)17(24-19(22)25-18)23-8-10-5-3-4-6-12(10)21/h3-6,11,13,15-16,29H,7-9H2,1-2H3,(H,23,24,25)/t11-,13-,15-,16+/m1/s1. The Morgan fingerprint density at radius 3 is 2.74 bits per heavy atom. The molecule has 1 aliphatic heterocycles. The number of aliphatic hydroxyl groups excluding tert-OH is 1. The average Bonchev–Trinajstić information content (AvgIpc) is 3.37. The molecule has 3 heterocycles. The Hall–Kier alpha value is -2.04. The van der Waals surface area contributed by atoms with Crippen LogP contribution in [0.5, 0.6) is 0 Å². The average molecular weight is 465 g/mol. The molecule has 2 aromatic heterocycles. The molecule has 1 aromatic carbocycles. The first-order valence-corrected chi connectivity index (χ1v) is 10.8. The number of hydrogen-bond donors (Lipinski definition) is 2. The van der Waals surface area contributed by atoms with Crippen molar-refractivity contribution in [3.05, 3.63) is 40.1 Å². The number of nitrogens with zero attached hydrogens (tertiary/aromatic N) is 5. The maximum Gasteiger partial charge on any atom is 0.226 e. The molecule has 5 rings (SSSR count). The molecule has 0 spiro atoms. The molecule has 0 amide bonds. The van der Waals surface area contributed by atoms with Gasteiger partial charge in [-0.25, -0.2) is 4.68 Å². The second-order valence-corrected chi connectivity index (χ2v) is 9.05. The Morgan fingerprint density at radius 1 is 1.19 bits per heavy atom. The fourth-order valence-electron chi connectivity index (χ4n) is 4.45. The van der Waals surface area contributed by atoms with E-state index < -0.39 is 5.79 Å². The molecule has 2 fully saturated rings. The van der Waals surface area contributed by atoms with Crippen LogP contribution in [0.1, 0.15) is 31.9 Å². The summed E-state index contributed by atoms with van der Waals surface area (Å²) in [6.45, 7) is 4.18. The van der Waals surface area contributed by atoms with E-state index >= 15 is 0 Å². The zero-order valence-electron chi connectivity index (χ0n) is 17.0. The number of benzene rings is 1. The van der Waals surface area contributed by atoms with Crippen molar-refractivity contribution >= 4 is 40.2 Å². The molecule has 4 atom stereocenters. The largest absolute Gasteiger partial charge is 0.396 e. The molecule has 1 aliphatic carbocycles. The van der Waals surface area contributed by atoms with Gasteiger partial charge in [0.1, 0.15) is 6.10 Å². The lowest BCUT2D eigenvalue weighted by atomic mass is 10.1. The first-order valence-electron chi connectivity index (χ1n) is 10.1. The van der Waals surface area contributed by atoms with Crippen molar-refractivity contribution in [3.8, 4) is 0 Å². The van der Waals surface area contributed by atoms with Crippen molar-refractivity contribution in [1.82, 2.24) is 25.0 Å². The Morgan fingerprint density at radius 2 is 1.97 bits per heavy atom. The van der Waals surface area contributed by atoms with Crippen LogP contribution in [0, 0.1) is 5.92 Å². The van der Waals surface area contributed by atoms with E-state index in [2.05, 4.69) is 25.6 Å². The number of rotatable bonds is 5. The summed E-state index contributed by atoms with van der Waals surface area (Å²) in [5, 5.41) is 22.5. The smallest absolute Gasteiger partial charge is 0.226 e. The van der Waals surface area contributed by atoms with Gasteiger partial charge in [-0.05, 0) is 43.5 Å². The third kappa shape index (κ3) is 3.74. The van der Waals surface area contributed by atoms with Gasteiger partial charge in [-0.3, -0.25) is 0 Å². The number of anilines is 1. The quantitative estimate of drug-likeness (QED) is 0.554. The lowest BCUT2D eigenvalue weighted by molar-refractivity contribution is -0.162. The van der Waals surface area contributed by atoms with Gasteiger partial charge < -0.3 is 19.9 Å². The highest BCUT2D eigenvalue weighted by molar-refractivity contribution is 6.31. The van der Waals surface area contributed by atoms with Crippen LogP contribution < -0.4 is 5.32 Å². The summed E-state index contributed by atoms with van der Waals surface area (Å²) in [6.07, 6.45) is 0.134. The van der Waals surface area contributed by atoms with E-state index in [1.165, 1.54) is 0 Å². The number of fused-ring (bicyclic) bond motifs is 2. The molecular formula is C20H22Cl2N6O3. The van der Waals surface area contributed by atoms with Crippen LogP contribution in [0.3, 0.4) is 0 Å². The molecule has 0 bridgehead atoms. The summed E-state index contributed by atoms with van der Waals surface area (Å²) < 4.78 is 13.9. The SMILES string of the molecule is CC1(C)O[C@@H]2[C@@H](CO)C[C@@H](n3nnc4c(NCc5ccccc5Cl)nc(Cl)nc43)[C@@H]2O1. The molecule has 2 aliphatic rings. The van der Waals surface area contributed by atoms with Gasteiger partial charge in [0.2, 0.25) is 5.28 Å². The van der Waals surface area contributed by atoms with Crippen molar-refractivity contribution in [1.29, 1.82) is 0 Å². The zero-order chi connectivity index (χ0) is 21.8. The predicted molar refractivity (Wildman–Crippen MR) is 115 cm³/mol. The predicted octanol–water partition coefficient (Wildman–Crippen LogP) is 3.21. The summed E-state index contributed by atoms with van der Waals surface area (Å²) in [6, 6.07) is 7.36. The van der Waals surface area contributed by atoms with Crippen molar-refractivity contribution in [2.75, 3.05) is 11.9 Å². The van der Waals surface area contributed by atoms with Gasteiger partial charge in [0, 0.05) is 24.1 Å². The minimum atomic E-state index is -0.730. The van der Waals surface area contributed by atoms with E-state index in [1.54, 1.807) is 4.68 Å². The number of aliphatic hydroxyl groups is 1. The highest BCUT2D eigenvalue weighted by Crippen LogP contribution is 2.47. The normalized spacial score (nSPS) is 27.0. The monoisotopic (exact) mass is 464 g/mol. The molecule has 11 heteroatoms. The topological polar surface area (TPSA) is 107 Å². The Kier molecular flexibility index (Phi) is 5.26. The van der Waals surface area contributed by atoms with Gasteiger partial charge in [0.15, 0.2) is 22.8 Å². The third-order valence-corrected chi connectivity index (χ3v) is 6.34. The molecule has 1 saturated heterocycles. The summed E-state index contributed by atoms with van der Waals surface area (Å²) in [4.78, 5) is 8.68. The van der Waals surface area contributed by atoms with Crippen molar-refractivity contribution in [3.63, 3.8) is 0 Å². The van der Waals surface area contributed by atoms with Crippen LogP contribution in [-0.4, -0.2) is 54.7 Å². The van der Waals surface area contributed by atoms with Gasteiger partial charge in [-0.2, -0.15) is 9.97 Å². The van der Waals surface area contributed by atoms with Gasteiger partial charge in [0.05, 0.1) is 12.1 Å². The second-order valence-electron chi connectivity index (χ2n) is 8.30. The number of ether oxygens (including phenoxy) is 2. The summed E-state index contributed by atoms with van der Waals surface area (Å²) in [7, 11) is 0. The van der Waals surface area contributed by atoms with E-state index in [-0.39, 0.29) is 36.1 Å². The van der Waals surface area contributed by atoms with Gasteiger partial charge in [0.25, 0.3) is 0 Å². The Labute approximate surface area is 188 Å². The third-order valence-electron chi connectivity index (χ3n) is 5.80. The van der Waals surface area contributed by atoms with E-state index in [4.69, 9.17) is 32.7 Å². The Balaban J connectivity index is 1.48. The molecule has 9 nitrogen and oxygen atoms in total. The molecular weight excluding hydrogens is 443 g/mol. The highest BCUT2D eigenvalue weighted by Gasteiger charge is 2.55. The fraction of sp³-hybridized carbons (Fsp3) is 0.500. The maximum atomic E-state index is 9.85. The molecule has 164 valence electrons. The fourth-order valence-corrected chi connectivity index (χ4v) is 4.81.